The van der Waals surface area contributed by atoms with Crippen LogP contribution in [0, 0.1) is 15.7 Å². The van der Waals surface area contributed by atoms with Crippen molar-refractivity contribution in [3.05, 3.63) is 40.8 Å². The second kappa shape index (κ2) is 7.37. The van der Waals surface area contributed by atoms with Crippen LogP contribution < -0.4 is 11.1 Å². The largest absolute Gasteiger partial charge is 0.475 e. The monoisotopic (exact) mass is 357 g/mol. The number of allylic oxidation sites excluding steroid dienone is 1. The number of nitrogens with two attached hydrogens (primary N) is 1. The third-order valence-electron chi connectivity index (χ3n) is 4.26. The summed E-state index contributed by atoms with van der Waals surface area (Å²) in [5.41, 5.74) is 6.43. The fourth-order valence-corrected chi connectivity index (χ4v) is 3.63. The molecule has 1 heterocycles. The lowest BCUT2D eigenvalue weighted by molar-refractivity contribution is 0.0485. The summed E-state index contributed by atoms with van der Waals surface area (Å²) in [4.78, 5) is 10.9. The standard InChI is InChI=1S/C19H27N5O2/c1-18(2)10-13(11-19(3,4)24-18)26-17(22)8-7-15(21)14-6-5-12(20)9-16(14)23-25/h5-9,13,21-22,24H,10-11,20H2,1-4H3/b8-7-,21-15?,22-17?. The Labute approximate surface area is 154 Å². The Morgan fingerprint density at radius 2 is 1.85 bits per heavy atom. The number of nitrogen functional groups attached to an aromatic ring is 1. The fourth-order valence-electron chi connectivity index (χ4n) is 3.63. The molecule has 0 amide bonds. The Morgan fingerprint density at radius 3 is 2.42 bits per heavy atom. The molecule has 1 aromatic rings. The van der Waals surface area contributed by atoms with E-state index in [9.17, 15) is 4.91 Å². The van der Waals surface area contributed by atoms with Crippen LogP contribution in [0.25, 0.3) is 0 Å². The predicted octanol–water partition coefficient (Wildman–Crippen LogP) is 3.89. The van der Waals surface area contributed by atoms with E-state index < -0.39 is 0 Å². The molecule has 0 atom stereocenters. The van der Waals surface area contributed by atoms with Gasteiger partial charge in [0.15, 0.2) is 0 Å². The van der Waals surface area contributed by atoms with Crippen LogP contribution in [0.15, 0.2) is 35.5 Å². The number of anilines is 1. The lowest BCUT2D eigenvalue weighted by atomic mass is 9.81. The molecule has 2 rings (SSSR count). The van der Waals surface area contributed by atoms with E-state index in [1.807, 2.05) is 0 Å². The van der Waals surface area contributed by atoms with E-state index >= 15 is 0 Å². The van der Waals surface area contributed by atoms with Crippen LogP contribution in [0.4, 0.5) is 11.4 Å². The molecule has 0 aliphatic carbocycles. The van der Waals surface area contributed by atoms with E-state index in [0.29, 0.717) is 11.3 Å². The molecule has 7 nitrogen and oxygen atoms in total. The maximum absolute atomic E-state index is 10.9. The highest BCUT2D eigenvalue weighted by atomic mass is 16.5. The average Bonchev–Trinajstić information content (AvgIpc) is 2.49. The van der Waals surface area contributed by atoms with E-state index in [1.54, 1.807) is 12.1 Å². The highest BCUT2D eigenvalue weighted by Crippen LogP contribution is 2.30. The summed E-state index contributed by atoms with van der Waals surface area (Å²) in [5, 5.41) is 22.6. The first-order chi connectivity index (χ1) is 12.0. The van der Waals surface area contributed by atoms with Gasteiger partial charge in [0.1, 0.15) is 11.8 Å². The summed E-state index contributed by atoms with van der Waals surface area (Å²) in [7, 11) is 0. The first-order valence-electron chi connectivity index (χ1n) is 8.56. The van der Waals surface area contributed by atoms with Crippen LogP contribution in [-0.4, -0.2) is 28.8 Å². The van der Waals surface area contributed by atoms with E-state index in [4.69, 9.17) is 21.3 Å². The van der Waals surface area contributed by atoms with Gasteiger partial charge in [-0.3, -0.25) is 5.41 Å². The van der Waals surface area contributed by atoms with Crippen molar-refractivity contribution in [3.63, 3.8) is 0 Å². The summed E-state index contributed by atoms with van der Waals surface area (Å²) >= 11 is 0. The van der Waals surface area contributed by atoms with Gasteiger partial charge in [-0.2, -0.15) is 0 Å². The number of nitrogens with one attached hydrogen (secondary N) is 3. The second-order valence-corrected chi connectivity index (χ2v) is 8.02. The summed E-state index contributed by atoms with van der Waals surface area (Å²) in [6, 6.07) is 4.60. The molecule has 1 aliphatic rings. The zero-order valence-electron chi connectivity index (χ0n) is 15.7. The molecule has 0 radical (unpaired) electrons. The number of ether oxygens (including phenoxy) is 1. The molecular weight excluding hydrogens is 330 g/mol. The first-order valence-corrected chi connectivity index (χ1v) is 8.56. The lowest BCUT2D eigenvalue weighted by Crippen LogP contribution is -2.59. The summed E-state index contributed by atoms with van der Waals surface area (Å²) in [6.07, 6.45) is 4.37. The van der Waals surface area contributed by atoms with Crippen molar-refractivity contribution in [3.8, 4) is 0 Å². The van der Waals surface area contributed by atoms with Crippen LogP contribution in [0.2, 0.25) is 0 Å². The van der Waals surface area contributed by atoms with Crippen LogP contribution in [-0.2, 0) is 4.74 Å². The van der Waals surface area contributed by atoms with Crippen LogP contribution in [0.3, 0.4) is 0 Å². The van der Waals surface area contributed by atoms with E-state index in [-0.39, 0.29) is 34.5 Å². The SMILES string of the molecule is CC1(C)CC(OC(=N)/C=C\C(=N)c2ccc(N)cc2N=O)CC(C)(C)N1. The van der Waals surface area contributed by atoms with Crippen molar-refractivity contribution in [2.75, 3.05) is 5.73 Å². The Bertz CT molecular complexity index is 736. The van der Waals surface area contributed by atoms with Crippen molar-refractivity contribution in [2.24, 2.45) is 5.18 Å². The van der Waals surface area contributed by atoms with Gasteiger partial charge >= 0.3 is 0 Å². The van der Waals surface area contributed by atoms with Gasteiger partial charge in [0.25, 0.3) is 0 Å². The number of nitrogens with zero attached hydrogens (tertiary/aromatic N) is 1. The quantitative estimate of drug-likeness (QED) is 0.276. The molecule has 0 aromatic heterocycles. The summed E-state index contributed by atoms with van der Waals surface area (Å²) < 4.78 is 5.78. The Balaban J connectivity index is 2.03. The predicted molar refractivity (Wildman–Crippen MR) is 105 cm³/mol. The van der Waals surface area contributed by atoms with Crippen molar-refractivity contribution in [1.29, 1.82) is 10.8 Å². The second-order valence-electron chi connectivity index (χ2n) is 8.02. The smallest absolute Gasteiger partial charge is 0.206 e. The van der Waals surface area contributed by atoms with Crippen molar-refractivity contribution >= 4 is 23.0 Å². The molecule has 26 heavy (non-hydrogen) atoms. The number of nitroso groups, excluding NO2 is 1. The van der Waals surface area contributed by atoms with Crippen LogP contribution >= 0.6 is 0 Å². The minimum atomic E-state index is -0.0729. The molecule has 1 aromatic carbocycles. The van der Waals surface area contributed by atoms with Crippen molar-refractivity contribution in [2.45, 2.75) is 57.7 Å². The molecule has 0 bridgehead atoms. The molecule has 1 saturated heterocycles. The minimum absolute atomic E-state index is 0.00990. The number of benzene rings is 1. The fraction of sp³-hybridized carbons (Fsp3) is 0.474. The third-order valence-corrected chi connectivity index (χ3v) is 4.26. The Morgan fingerprint density at radius 1 is 1.23 bits per heavy atom. The molecule has 0 saturated carbocycles. The van der Waals surface area contributed by atoms with Gasteiger partial charge in [-0.1, -0.05) is 0 Å². The maximum Gasteiger partial charge on any atom is 0.206 e. The van der Waals surface area contributed by atoms with Gasteiger partial charge in [-0.25, -0.2) is 0 Å². The highest BCUT2D eigenvalue weighted by molar-refractivity contribution is 6.12. The number of hydrogen-bond donors (Lipinski definition) is 4. The normalized spacial score (nSPS) is 19.2. The summed E-state index contributed by atoms with van der Waals surface area (Å²) in [5.74, 6) is -0.00990. The van der Waals surface area contributed by atoms with Gasteiger partial charge < -0.3 is 21.2 Å². The molecule has 1 fully saturated rings. The van der Waals surface area contributed by atoms with E-state index in [2.05, 4.69) is 38.2 Å². The van der Waals surface area contributed by atoms with E-state index in [0.717, 1.165) is 12.8 Å². The van der Waals surface area contributed by atoms with Gasteiger partial charge in [0.2, 0.25) is 5.90 Å². The van der Waals surface area contributed by atoms with Crippen LogP contribution in [0.1, 0.15) is 46.1 Å². The Kier molecular flexibility index (Phi) is 5.61. The van der Waals surface area contributed by atoms with Gasteiger partial charge in [0, 0.05) is 41.2 Å². The minimum Gasteiger partial charge on any atom is -0.475 e. The molecule has 1 aliphatic heterocycles. The maximum atomic E-state index is 10.9. The van der Waals surface area contributed by atoms with Gasteiger partial charge in [-0.05, 0) is 57.1 Å². The number of piperidine rings is 1. The molecule has 7 heteroatoms. The molecular formula is C19H27N5O2. The Hall–Kier alpha value is -2.54. The molecule has 0 unspecified atom stereocenters. The van der Waals surface area contributed by atoms with Crippen molar-refractivity contribution < 1.29 is 4.74 Å². The van der Waals surface area contributed by atoms with E-state index in [1.165, 1.54) is 18.2 Å². The van der Waals surface area contributed by atoms with Crippen molar-refractivity contribution in [1.82, 2.24) is 5.32 Å². The summed E-state index contributed by atoms with van der Waals surface area (Å²) in [6.45, 7) is 8.48. The van der Waals surface area contributed by atoms with Gasteiger partial charge in [-0.15, -0.1) is 4.91 Å². The number of rotatable bonds is 5. The zero-order chi connectivity index (χ0) is 19.5. The number of hydrogen-bond acceptors (Lipinski definition) is 7. The molecule has 140 valence electrons. The first kappa shape index (κ1) is 19.8. The molecule has 5 N–H and O–H groups in total. The van der Waals surface area contributed by atoms with Gasteiger partial charge in [0.05, 0.1) is 5.71 Å². The lowest BCUT2D eigenvalue weighted by Gasteiger charge is -2.46. The highest BCUT2D eigenvalue weighted by Gasteiger charge is 2.38. The zero-order valence-corrected chi connectivity index (χ0v) is 15.7. The van der Waals surface area contributed by atoms with Crippen LogP contribution in [0.5, 0.6) is 0 Å². The molecule has 0 spiro atoms. The average molecular weight is 357 g/mol. The third kappa shape index (κ3) is 5.23. The topological polar surface area (TPSA) is 124 Å².